The predicted octanol–water partition coefficient (Wildman–Crippen LogP) is -5.88. The number of rotatable bonds is 2. The van der Waals surface area contributed by atoms with E-state index >= 15 is 0 Å². The summed E-state index contributed by atoms with van der Waals surface area (Å²) in [5, 5.41) is 0. The van der Waals surface area contributed by atoms with E-state index in [0.717, 1.165) is 0 Å². The van der Waals surface area contributed by atoms with Gasteiger partial charge in [0.25, 0.3) is 0 Å². The van der Waals surface area contributed by atoms with Crippen molar-refractivity contribution >= 4 is 3.87 Å². The van der Waals surface area contributed by atoms with Gasteiger partial charge in [-0.1, -0.05) is 0 Å². The Morgan fingerprint density at radius 2 is 1.12 bits per heavy atom. The topological polar surface area (TPSA) is 0 Å². The standard InChI is InChI=1S/C12H17.3ClH.Ti/c1-9(2)11-6-5-7-12(8-11)10(3)4;;;;/h5-7,9-10H,1-4H3;3*1H;/q;;;;+3/p-3. The van der Waals surface area contributed by atoms with Gasteiger partial charge in [-0.2, -0.15) is 0 Å². The Kier molecular flexibility index (Phi) is 13.5. The molecule has 0 saturated heterocycles. The van der Waals surface area contributed by atoms with Crippen LogP contribution in [0.5, 0.6) is 0 Å². The van der Waals surface area contributed by atoms with Crippen LogP contribution >= 0.6 is 0 Å². The maximum Gasteiger partial charge on any atom is -1.00 e. The summed E-state index contributed by atoms with van der Waals surface area (Å²) in [6.07, 6.45) is 0. The first-order valence-corrected chi connectivity index (χ1v) is 5.66. The first kappa shape index (κ1) is 22.0. The Labute approximate surface area is 130 Å². The average Bonchev–Trinajstić information content (AvgIpc) is 2.03. The van der Waals surface area contributed by atoms with Gasteiger partial charge in [-0.3, -0.25) is 0 Å². The van der Waals surface area contributed by atoms with Gasteiger partial charge in [-0.05, 0) is 0 Å². The van der Waals surface area contributed by atoms with Crippen molar-refractivity contribution < 1.29 is 57.7 Å². The van der Waals surface area contributed by atoms with Crippen LogP contribution in [0.2, 0.25) is 0 Å². The van der Waals surface area contributed by atoms with Crippen LogP contribution in [0.3, 0.4) is 0 Å². The normalized spacial score (nSPS) is 9.25. The Morgan fingerprint density at radius 3 is 1.38 bits per heavy atom. The molecule has 0 unspecified atom stereocenters. The molecule has 0 radical (unpaired) electrons. The molecule has 0 heterocycles. The smallest absolute Gasteiger partial charge is 1.00 e. The van der Waals surface area contributed by atoms with Crippen molar-refractivity contribution in [1.82, 2.24) is 0 Å². The van der Waals surface area contributed by atoms with Gasteiger partial charge in [0, 0.05) is 0 Å². The van der Waals surface area contributed by atoms with Gasteiger partial charge >= 0.3 is 93.2 Å². The minimum Gasteiger partial charge on any atom is -1.00 e. The molecule has 1 aromatic rings. The van der Waals surface area contributed by atoms with Crippen molar-refractivity contribution in [3.63, 3.8) is 0 Å². The molecule has 0 nitrogen and oxygen atoms in total. The van der Waals surface area contributed by atoms with E-state index in [9.17, 15) is 0 Å². The van der Waals surface area contributed by atoms with E-state index in [2.05, 4.69) is 66.3 Å². The summed E-state index contributed by atoms with van der Waals surface area (Å²) in [7, 11) is 0. The van der Waals surface area contributed by atoms with Gasteiger partial charge in [0.2, 0.25) is 0 Å². The van der Waals surface area contributed by atoms with Crippen LogP contribution < -0.4 is 41.1 Å². The zero-order valence-electron chi connectivity index (χ0n) is 10.0. The summed E-state index contributed by atoms with van der Waals surface area (Å²) >= 11 is 2.24. The van der Waals surface area contributed by atoms with E-state index in [4.69, 9.17) is 0 Å². The first-order chi connectivity index (χ1) is 6.04. The van der Waals surface area contributed by atoms with Crippen LogP contribution in [-0.2, 0) is 20.4 Å². The van der Waals surface area contributed by atoms with E-state index in [1.54, 1.807) is 0 Å². The van der Waals surface area contributed by atoms with Crippen molar-refractivity contribution in [2.45, 2.75) is 39.5 Å². The molecule has 1 rings (SSSR count). The van der Waals surface area contributed by atoms with E-state index in [-0.39, 0.29) is 37.2 Å². The third kappa shape index (κ3) is 5.42. The second-order valence-corrected chi connectivity index (χ2v) is 4.90. The second-order valence-electron chi connectivity index (χ2n) is 4.12. The number of benzene rings is 1. The second kappa shape index (κ2) is 9.80. The number of hydrogen-bond donors (Lipinski definition) is 0. The van der Waals surface area contributed by atoms with Crippen molar-refractivity contribution in [3.8, 4) is 0 Å². The summed E-state index contributed by atoms with van der Waals surface area (Å²) in [5.74, 6) is 1.28. The first-order valence-electron chi connectivity index (χ1n) is 4.88. The van der Waals surface area contributed by atoms with Crippen LogP contribution in [0.4, 0.5) is 0 Å². The molecule has 4 heteroatoms. The van der Waals surface area contributed by atoms with Gasteiger partial charge < -0.3 is 37.2 Å². The molecule has 90 valence electrons. The minimum absolute atomic E-state index is 0. The Morgan fingerprint density at radius 1 is 0.812 bits per heavy atom. The van der Waals surface area contributed by atoms with E-state index < -0.39 is 0 Å². The zero-order chi connectivity index (χ0) is 10.0. The van der Waals surface area contributed by atoms with Crippen LogP contribution in [0.1, 0.15) is 50.7 Å². The summed E-state index contributed by atoms with van der Waals surface area (Å²) < 4.78 is 1.48. The fourth-order valence-electron chi connectivity index (χ4n) is 1.55. The molecule has 0 spiro atoms. The molecule has 0 aliphatic rings. The van der Waals surface area contributed by atoms with Gasteiger partial charge in [-0.25, -0.2) is 0 Å². The molecule has 0 aromatic heterocycles. The molecule has 0 amide bonds. The summed E-state index contributed by atoms with van der Waals surface area (Å²) in [5.41, 5.74) is 2.98. The van der Waals surface area contributed by atoms with Gasteiger partial charge in [0.15, 0.2) is 0 Å². The fraction of sp³-hybridized carbons (Fsp3) is 0.500. The maximum absolute atomic E-state index is 2.26. The fourth-order valence-corrected chi connectivity index (χ4v) is 2.71. The average molecular weight is 315 g/mol. The van der Waals surface area contributed by atoms with Crippen LogP contribution in [-0.4, -0.2) is 0 Å². The Balaban J connectivity index is -0.000000563. The number of hydrogen-bond acceptors (Lipinski definition) is 0. The third-order valence-corrected chi connectivity index (χ3v) is 3.27. The molecule has 0 bridgehead atoms. The molecule has 0 aliphatic heterocycles. The van der Waals surface area contributed by atoms with Gasteiger partial charge in [0.05, 0.1) is 0 Å². The molecule has 0 fully saturated rings. The summed E-state index contributed by atoms with van der Waals surface area (Å²) in [6.45, 7) is 9.03. The van der Waals surface area contributed by atoms with Crippen LogP contribution in [0.25, 0.3) is 0 Å². The molecule has 0 N–H and O–H groups in total. The van der Waals surface area contributed by atoms with Gasteiger partial charge in [-0.15, -0.1) is 0 Å². The Hall–Kier alpha value is 0.804. The van der Waals surface area contributed by atoms with Crippen molar-refractivity contribution in [2.24, 2.45) is 0 Å². The van der Waals surface area contributed by atoms with Crippen molar-refractivity contribution in [1.29, 1.82) is 0 Å². The summed E-state index contributed by atoms with van der Waals surface area (Å²) in [4.78, 5) is 0. The molecule has 0 aliphatic carbocycles. The molecule has 0 saturated carbocycles. The zero-order valence-corrected chi connectivity index (χ0v) is 13.8. The predicted molar refractivity (Wildman–Crippen MR) is 54.3 cm³/mol. The molecule has 0 atom stereocenters. The minimum atomic E-state index is 0. The van der Waals surface area contributed by atoms with Crippen LogP contribution in [0, 0.1) is 0 Å². The molecular weight excluding hydrogens is 298 g/mol. The van der Waals surface area contributed by atoms with Crippen molar-refractivity contribution in [2.75, 3.05) is 0 Å². The number of halogens is 3. The molecule has 16 heavy (non-hydrogen) atoms. The van der Waals surface area contributed by atoms with E-state index in [1.807, 2.05) is 0 Å². The Bertz CT molecular complexity index is 272. The third-order valence-electron chi connectivity index (χ3n) is 2.37. The van der Waals surface area contributed by atoms with Gasteiger partial charge in [0.1, 0.15) is 0 Å². The largest absolute Gasteiger partial charge is 1.00 e. The molecule has 1 aromatic carbocycles. The quantitative estimate of drug-likeness (QED) is 0.477. The summed E-state index contributed by atoms with van der Waals surface area (Å²) in [6, 6.07) is 6.66. The van der Waals surface area contributed by atoms with Crippen molar-refractivity contribution in [3.05, 3.63) is 29.3 Å². The van der Waals surface area contributed by atoms with Crippen LogP contribution in [0.15, 0.2) is 18.2 Å². The van der Waals surface area contributed by atoms with E-state index in [1.165, 1.54) is 15.0 Å². The van der Waals surface area contributed by atoms with E-state index in [0.29, 0.717) is 11.8 Å². The SMILES string of the molecule is CC(C)c1cccc(C(C)C)[c]1[Ti+3].[Cl-].[Cl-].[Cl-]. The maximum atomic E-state index is 2.26. The molecular formula is C12H17Cl3Ti. The monoisotopic (exact) mass is 314 g/mol.